The Bertz CT molecular complexity index is 671. The van der Waals surface area contributed by atoms with Gasteiger partial charge in [-0.25, -0.2) is 0 Å². The van der Waals surface area contributed by atoms with Crippen LogP contribution < -0.4 is 5.32 Å². The van der Waals surface area contributed by atoms with Gasteiger partial charge < -0.3 is 10.2 Å². The van der Waals surface area contributed by atoms with Crippen LogP contribution in [0.1, 0.15) is 31.0 Å². The number of piperidine rings is 1. The van der Waals surface area contributed by atoms with Gasteiger partial charge in [0.25, 0.3) is 0 Å². The summed E-state index contributed by atoms with van der Waals surface area (Å²) in [5.41, 5.74) is 3.82. The summed E-state index contributed by atoms with van der Waals surface area (Å²) in [7, 11) is 0. The summed E-state index contributed by atoms with van der Waals surface area (Å²) >= 11 is 0. The molecule has 0 saturated carbocycles. The summed E-state index contributed by atoms with van der Waals surface area (Å²) in [4.78, 5) is 13.3. The van der Waals surface area contributed by atoms with Gasteiger partial charge in [-0.2, -0.15) is 9.61 Å². The lowest BCUT2D eigenvalue weighted by Crippen LogP contribution is -2.41. The van der Waals surface area contributed by atoms with Crippen LogP contribution in [0.2, 0.25) is 0 Å². The number of carbonyl (C=O) groups excluding carboxylic acids is 1. The van der Waals surface area contributed by atoms with Gasteiger partial charge in [-0.05, 0) is 32.3 Å². The van der Waals surface area contributed by atoms with Gasteiger partial charge in [0.05, 0.1) is 11.4 Å². The van der Waals surface area contributed by atoms with Gasteiger partial charge in [0.2, 0.25) is 11.6 Å². The van der Waals surface area contributed by atoms with Crippen LogP contribution in [0, 0.1) is 13.8 Å². The molecular weight excluding hydrogens is 268 g/mol. The Morgan fingerprint density at radius 3 is 2.71 bits per heavy atom. The van der Waals surface area contributed by atoms with E-state index in [9.17, 15) is 4.79 Å². The molecule has 1 aliphatic heterocycles. The number of hydrogen-bond donors (Lipinski definition) is 1. The molecule has 2 aromatic heterocycles. The third-order valence-electron chi connectivity index (χ3n) is 4.22. The molecule has 1 saturated heterocycles. The van der Waals surface area contributed by atoms with Gasteiger partial charge in [0.15, 0.2) is 0 Å². The lowest BCUT2D eigenvalue weighted by molar-refractivity contribution is -0.129. The van der Waals surface area contributed by atoms with E-state index in [1.165, 1.54) is 0 Å². The molecule has 1 fully saturated rings. The van der Waals surface area contributed by atoms with Gasteiger partial charge in [0, 0.05) is 26.1 Å². The Hall–Kier alpha value is -2.18. The van der Waals surface area contributed by atoms with Crippen LogP contribution in [-0.2, 0) is 4.79 Å². The maximum absolute atomic E-state index is 11.4. The molecule has 1 N–H and O–H groups in total. The highest BCUT2D eigenvalue weighted by molar-refractivity contribution is 5.73. The highest BCUT2D eigenvalue weighted by atomic mass is 16.2. The van der Waals surface area contributed by atoms with Crippen molar-refractivity contribution < 1.29 is 4.79 Å². The average molecular weight is 288 g/mol. The van der Waals surface area contributed by atoms with Crippen LogP contribution in [-0.4, -0.2) is 49.7 Å². The highest BCUT2D eigenvalue weighted by Crippen LogP contribution is 2.24. The molecule has 0 atom stereocenters. The monoisotopic (exact) mass is 288 g/mol. The Balaban J connectivity index is 1.81. The summed E-state index contributed by atoms with van der Waals surface area (Å²) in [5, 5.41) is 16.1. The van der Waals surface area contributed by atoms with E-state index in [0.29, 0.717) is 6.04 Å². The summed E-state index contributed by atoms with van der Waals surface area (Å²) in [6, 6.07) is 0.349. The van der Waals surface area contributed by atoms with Crippen LogP contribution in [0.15, 0.2) is 6.33 Å². The highest BCUT2D eigenvalue weighted by Gasteiger charge is 2.22. The van der Waals surface area contributed by atoms with Crippen LogP contribution in [0.25, 0.3) is 5.65 Å². The molecule has 0 aromatic carbocycles. The van der Waals surface area contributed by atoms with E-state index >= 15 is 0 Å². The molecule has 112 valence electrons. The molecule has 3 heterocycles. The van der Waals surface area contributed by atoms with E-state index in [-0.39, 0.29) is 5.91 Å². The molecular formula is C14H20N6O. The van der Waals surface area contributed by atoms with Crippen LogP contribution in [0.5, 0.6) is 0 Å². The summed E-state index contributed by atoms with van der Waals surface area (Å²) < 4.78 is 1.70. The van der Waals surface area contributed by atoms with Crippen molar-refractivity contribution in [3.63, 3.8) is 0 Å². The predicted molar refractivity (Wildman–Crippen MR) is 79.2 cm³/mol. The van der Waals surface area contributed by atoms with Crippen LogP contribution in [0.3, 0.4) is 0 Å². The first-order valence-corrected chi connectivity index (χ1v) is 7.25. The van der Waals surface area contributed by atoms with Gasteiger partial charge in [-0.1, -0.05) is 0 Å². The largest absolute Gasteiger partial charge is 0.379 e. The molecule has 0 unspecified atom stereocenters. The number of amides is 1. The molecule has 7 heteroatoms. The number of rotatable bonds is 2. The van der Waals surface area contributed by atoms with Crippen molar-refractivity contribution in [2.75, 3.05) is 18.4 Å². The smallest absolute Gasteiger partial charge is 0.219 e. The van der Waals surface area contributed by atoms with E-state index in [4.69, 9.17) is 0 Å². The van der Waals surface area contributed by atoms with Crippen molar-refractivity contribution in [3.8, 4) is 0 Å². The minimum atomic E-state index is 0.157. The SMILES string of the molecule is CC(=O)N1CCC(Nc2c(C)c(C)nn3cnnc23)CC1. The molecule has 0 radical (unpaired) electrons. The lowest BCUT2D eigenvalue weighted by atomic mass is 10.0. The zero-order chi connectivity index (χ0) is 15.0. The first kappa shape index (κ1) is 13.8. The number of aromatic nitrogens is 4. The number of hydrogen-bond acceptors (Lipinski definition) is 5. The predicted octanol–water partition coefficient (Wildman–Crippen LogP) is 1.16. The normalized spacial score (nSPS) is 16.4. The Morgan fingerprint density at radius 2 is 2.05 bits per heavy atom. The third kappa shape index (κ3) is 2.55. The molecule has 3 rings (SSSR count). The number of nitrogens with zero attached hydrogens (tertiary/aromatic N) is 5. The number of carbonyl (C=O) groups is 1. The second-order valence-electron chi connectivity index (χ2n) is 5.61. The fraction of sp³-hybridized carbons (Fsp3) is 0.571. The fourth-order valence-electron chi connectivity index (χ4n) is 2.77. The Kier molecular flexibility index (Phi) is 3.48. The minimum absolute atomic E-state index is 0.157. The quantitative estimate of drug-likeness (QED) is 0.897. The first-order chi connectivity index (χ1) is 10.1. The molecule has 1 amide bonds. The number of anilines is 1. The molecule has 7 nitrogen and oxygen atoms in total. The van der Waals surface area contributed by atoms with Gasteiger partial charge in [-0.15, -0.1) is 10.2 Å². The van der Waals surface area contributed by atoms with E-state index in [2.05, 4.69) is 20.6 Å². The molecule has 0 spiro atoms. The number of nitrogens with one attached hydrogen (secondary N) is 1. The zero-order valence-electron chi connectivity index (χ0n) is 12.6. The van der Waals surface area contributed by atoms with Gasteiger partial charge in [0.1, 0.15) is 6.33 Å². The van der Waals surface area contributed by atoms with E-state index in [1.54, 1.807) is 17.8 Å². The van der Waals surface area contributed by atoms with Crippen molar-refractivity contribution in [1.29, 1.82) is 0 Å². The Morgan fingerprint density at radius 1 is 1.33 bits per heavy atom. The molecule has 1 aliphatic rings. The van der Waals surface area contributed by atoms with E-state index < -0.39 is 0 Å². The minimum Gasteiger partial charge on any atom is -0.379 e. The second kappa shape index (κ2) is 5.31. The average Bonchev–Trinajstić information content (AvgIpc) is 2.92. The standard InChI is InChI=1S/C14H20N6O/c1-9-10(2)18-20-8-15-17-14(20)13(9)16-12-4-6-19(7-5-12)11(3)21/h8,12,16H,4-7H2,1-3H3. The second-order valence-corrected chi connectivity index (χ2v) is 5.61. The number of likely N-dealkylation sites (tertiary alicyclic amines) is 1. The van der Waals surface area contributed by atoms with Gasteiger partial charge >= 0.3 is 0 Å². The van der Waals surface area contributed by atoms with Crippen molar-refractivity contribution in [2.24, 2.45) is 0 Å². The first-order valence-electron chi connectivity index (χ1n) is 7.25. The maximum Gasteiger partial charge on any atom is 0.219 e. The summed E-state index contributed by atoms with van der Waals surface area (Å²) in [6.07, 6.45) is 3.51. The Labute approximate surface area is 123 Å². The molecule has 2 aromatic rings. The maximum atomic E-state index is 11.4. The van der Waals surface area contributed by atoms with Crippen molar-refractivity contribution in [2.45, 2.75) is 39.7 Å². The zero-order valence-corrected chi connectivity index (χ0v) is 12.6. The topological polar surface area (TPSA) is 75.4 Å². The number of fused-ring (bicyclic) bond motifs is 1. The summed E-state index contributed by atoms with van der Waals surface area (Å²) in [5.74, 6) is 0.157. The van der Waals surface area contributed by atoms with Gasteiger partial charge in [-0.3, -0.25) is 4.79 Å². The van der Waals surface area contributed by atoms with Crippen molar-refractivity contribution in [3.05, 3.63) is 17.6 Å². The van der Waals surface area contributed by atoms with E-state index in [0.717, 1.165) is 48.5 Å². The number of aryl methyl sites for hydroxylation is 1. The van der Waals surface area contributed by atoms with Crippen molar-refractivity contribution in [1.82, 2.24) is 24.7 Å². The van der Waals surface area contributed by atoms with Crippen LogP contribution >= 0.6 is 0 Å². The van der Waals surface area contributed by atoms with Crippen LogP contribution in [0.4, 0.5) is 5.69 Å². The third-order valence-corrected chi connectivity index (χ3v) is 4.22. The molecule has 21 heavy (non-hydrogen) atoms. The summed E-state index contributed by atoms with van der Waals surface area (Å²) in [6.45, 7) is 7.27. The molecule has 0 aliphatic carbocycles. The van der Waals surface area contributed by atoms with Crippen molar-refractivity contribution >= 4 is 17.2 Å². The molecule has 0 bridgehead atoms. The lowest BCUT2D eigenvalue weighted by Gasteiger charge is -2.32. The fourth-order valence-corrected chi connectivity index (χ4v) is 2.77. The van der Waals surface area contributed by atoms with E-state index in [1.807, 2.05) is 18.7 Å².